The van der Waals surface area contributed by atoms with Gasteiger partial charge in [-0.05, 0) is 6.07 Å². The van der Waals surface area contributed by atoms with E-state index >= 15 is 0 Å². The van der Waals surface area contributed by atoms with Gasteiger partial charge in [-0.15, -0.1) is 11.3 Å². The van der Waals surface area contributed by atoms with Gasteiger partial charge in [-0.2, -0.15) is 0 Å². The predicted molar refractivity (Wildman–Crippen MR) is 105 cm³/mol. The van der Waals surface area contributed by atoms with Crippen LogP contribution in [0.3, 0.4) is 0 Å². The molecule has 0 atom stereocenters. The molecule has 1 aromatic heterocycles. The Hall–Kier alpha value is -2.34. The highest BCUT2D eigenvalue weighted by Crippen LogP contribution is 2.19. The number of aliphatic imine (C=N–C) groups is 1. The molecule has 134 valence electrons. The molecule has 0 saturated heterocycles. The molecule has 0 fully saturated rings. The smallest absolute Gasteiger partial charge is 0.191 e. The monoisotopic (exact) mass is 358 g/mol. The Morgan fingerprint density at radius 2 is 2.08 bits per heavy atom. The summed E-state index contributed by atoms with van der Waals surface area (Å²) in [4.78, 5) is 8.89. The first-order valence-electron chi connectivity index (χ1n) is 8.34. The molecule has 25 heavy (non-hydrogen) atoms. The maximum atomic E-state index is 5.68. The molecule has 0 bridgehead atoms. The van der Waals surface area contributed by atoms with Gasteiger partial charge in [0, 0.05) is 30.5 Å². The van der Waals surface area contributed by atoms with Gasteiger partial charge in [-0.1, -0.05) is 44.7 Å². The minimum Gasteiger partial charge on any atom is -0.489 e. The number of benzene rings is 1. The van der Waals surface area contributed by atoms with Crippen LogP contribution in [0.15, 0.2) is 47.3 Å². The molecular weight excluding hydrogens is 332 g/mol. The van der Waals surface area contributed by atoms with E-state index in [4.69, 9.17) is 4.74 Å². The molecule has 1 heterocycles. The van der Waals surface area contributed by atoms with Crippen LogP contribution in [0, 0.1) is 0 Å². The van der Waals surface area contributed by atoms with Gasteiger partial charge in [0.05, 0.1) is 17.2 Å². The van der Waals surface area contributed by atoms with E-state index in [1.165, 1.54) is 0 Å². The molecule has 0 spiro atoms. The van der Waals surface area contributed by atoms with Crippen molar-refractivity contribution in [2.75, 3.05) is 13.7 Å². The van der Waals surface area contributed by atoms with Crippen molar-refractivity contribution in [2.24, 2.45) is 4.99 Å². The highest BCUT2D eigenvalue weighted by molar-refractivity contribution is 7.09. The van der Waals surface area contributed by atoms with Crippen molar-refractivity contribution in [3.05, 3.63) is 58.6 Å². The summed E-state index contributed by atoms with van der Waals surface area (Å²) in [5.74, 6) is 2.05. The fourth-order valence-electron chi connectivity index (χ4n) is 2.18. The predicted octanol–water partition coefficient (Wildman–Crippen LogP) is 3.70. The van der Waals surface area contributed by atoms with Crippen molar-refractivity contribution < 1.29 is 4.74 Å². The van der Waals surface area contributed by atoms with Gasteiger partial charge in [-0.25, -0.2) is 4.98 Å². The van der Waals surface area contributed by atoms with Crippen LogP contribution in [-0.2, 0) is 13.1 Å². The summed E-state index contributed by atoms with van der Waals surface area (Å²) in [5.41, 5.74) is 2.11. The lowest BCUT2D eigenvalue weighted by atomic mass is 10.2. The van der Waals surface area contributed by atoms with Gasteiger partial charge in [0.2, 0.25) is 0 Å². The maximum Gasteiger partial charge on any atom is 0.191 e. The van der Waals surface area contributed by atoms with Gasteiger partial charge >= 0.3 is 0 Å². The third kappa shape index (κ3) is 5.90. The molecule has 2 aromatic rings. The van der Waals surface area contributed by atoms with E-state index in [2.05, 4.69) is 46.4 Å². The zero-order valence-electron chi connectivity index (χ0n) is 15.1. The Bertz CT molecular complexity index is 709. The number of hydrogen-bond donors (Lipinski definition) is 2. The summed E-state index contributed by atoms with van der Waals surface area (Å²) in [6.07, 6.45) is 1.74. The summed E-state index contributed by atoms with van der Waals surface area (Å²) in [7, 11) is 1.76. The lowest BCUT2D eigenvalue weighted by Crippen LogP contribution is -2.36. The van der Waals surface area contributed by atoms with Gasteiger partial charge < -0.3 is 15.4 Å². The lowest BCUT2D eigenvalue weighted by molar-refractivity contribution is 0.358. The van der Waals surface area contributed by atoms with E-state index in [-0.39, 0.29) is 0 Å². The van der Waals surface area contributed by atoms with Crippen molar-refractivity contribution in [1.29, 1.82) is 0 Å². The number of nitrogens with zero attached hydrogens (tertiary/aromatic N) is 2. The first kappa shape index (κ1) is 19.0. The minimum absolute atomic E-state index is 0.461. The maximum absolute atomic E-state index is 5.68. The van der Waals surface area contributed by atoms with Crippen molar-refractivity contribution in [3.63, 3.8) is 0 Å². The van der Waals surface area contributed by atoms with Gasteiger partial charge in [0.15, 0.2) is 5.96 Å². The number of nitrogens with one attached hydrogen (secondary N) is 2. The van der Waals surface area contributed by atoms with E-state index in [0.29, 0.717) is 25.6 Å². The van der Waals surface area contributed by atoms with Crippen LogP contribution in [0.25, 0.3) is 0 Å². The standard InChI is InChI=1S/C19H26N4OS/c1-5-10-24-17-9-7-6-8-15(17)11-21-19(20-4)22-12-16-13-25-18(23-16)14(2)3/h5-9,13-14H,1,10-12H2,2-4H3,(H2,20,21,22). The molecule has 0 aliphatic carbocycles. The quantitative estimate of drug-likeness (QED) is 0.429. The molecule has 0 saturated carbocycles. The van der Waals surface area contributed by atoms with Crippen LogP contribution >= 0.6 is 11.3 Å². The molecule has 5 nitrogen and oxygen atoms in total. The second-order valence-electron chi connectivity index (χ2n) is 5.82. The van der Waals surface area contributed by atoms with Gasteiger partial charge in [-0.3, -0.25) is 4.99 Å². The molecule has 2 rings (SSSR count). The van der Waals surface area contributed by atoms with E-state index < -0.39 is 0 Å². The molecule has 0 aliphatic rings. The largest absolute Gasteiger partial charge is 0.489 e. The van der Waals surface area contributed by atoms with Crippen molar-refractivity contribution in [1.82, 2.24) is 15.6 Å². The number of guanidine groups is 1. The molecule has 1 aromatic carbocycles. The third-order valence-electron chi connectivity index (χ3n) is 3.50. The molecular formula is C19H26N4OS. The average molecular weight is 359 g/mol. The van der Waals surface area contributed by atoms with E-state index in [0.717, 1.165) is 28.0 Å². The van der Waals surface area contributed by atoms with E-state index in [9.17, 15) is 0 Å². The Morgan fingerprint density at radius 3 is 2.76 bits per heavy atom. The normalized spacial score (nSPS) is 11.4. The Kier molecular flexibility index (Phi) is 7.47. The number of thiazole rings is 1. The molecule has 0 unspecified atom stereocenters. The number of para-hydroxylation sites is 1. The fraction of sp³-hybridized carbons (Fsp3) is 0.368. The van der Waals surface area contributed by atoms with Crippen LogP contribution in [0.1, 0.15) is 36.0 Å². The summed E-state index contributed by atoms with van der Waals surface area (Å²) in [6, 6.07) is 7.95. The lowest BCUT2D eigenvalue weighted by Gasteiger charge is -2.14. The number of ether oxygens (including phenoxy) is 1. The molecule has 6 heteroatoms. The summed E-state index contributed by atoms with van der Waals surface area (Å²) >= 11 is 1.70. The van der Waals surface area contributed by atoms with Gasteiger partial charge in [0.1, 0.15) is 12.4 Å². The van der Waals surface area contributed by atoms with Gasteiger partial charge in [0.25, 0.3) is 0 Å². The van der Waals surface area contributed by atoms with Crippen LogP contribution < -0.4 is 15.4 Å². The second kappa shape index (κ2) is 9.84. The highest BCUT2D eigenvalue weighted by atomic mass is 32.1. The van der Waals surface area contributed by atoms with Crippen molar-refractivity contribution in [3.8, 4) is 5.75 Å². The minimum atomic E-state index is 0.461. The highest BCUT2D eigenvalue weighted by Gasteiger charge is 2.07. The first-order chi connectivity index (χ1) is 12.1. The number of rotatable bonds is 8. The molecule has 0 radical (unpaired) electrons. The van der Waals surface area contributed by atoms with Crippen LogP contribution in [0.2, 0.25) is 0 Å². The molecule has 2 N–H and O–H groups in total. The zero-order chi connectivity index (χ0) is 18.1. The number of hydrogen-bond acceptors (Lipinski definition) is 4. The first-order valence-corrected chi connectivity index (χ1v) is 9.22. The van der Waals surface area contributed by atoms with E-state index in [1.54, 1.807) is 24.5 Å². The second-order valence-corrected chi connectivity index (χ2v) is 6.71. The third-order valence-corrected chi connectivity index (χ3v) is 4.69. The zero-order valence-corrected chi connectivity index (χ0v) is 15.9. The van der Waals surface area contributed by atoms with Crippen molar-refractivity contribution >= 4 is 17.3 Å². The fourth-order valence-corrected chi connectivity index (χ4v) is 3.02. The SMILES string of the molecule is C=CCOc1ccccc1CNC(=NC)NCc1csc(C(C)C)n1. The van der Waals surface area contributed by atoms with Crippen LogP contribution in [0.5, 0.6) is 5.75 Å². The topological polar surface area (TPSA) is 58.5 Å². The Balaban J connectivity index is 1.89. The summed E-state index contributed by atoms with van der Waals surface area (Å²) in [6.45, 7) is 9.76. The van der Waals surface area contributed by atoms with Crippen LogP contribution in [-0.4, -0.2) is 24.6 Å². The molecule has 0 amide bonds. The summed E-state index contributed by atoms with van der Waals surface area (Å²) < 4.78 is 5.68. The van der Waals surface area contributed by atoms with Crippen LogP contribution in [0.4, 0.5) is 0 Å². The Labute approximate surface area is 153 Å². The molecule has 0 aliphatic heterocycles. The average Bonchev–Trinajstić information content (AvgIpc) is 3.10. The number of aromatic nitrogens is 1. The van der Waals surface area contributed by atoms with Crippen molar-refractivity contribution in [2.45, 2.75) is 32.9 Å². The van der Waals surface area contributed by atoms with E-state index in [1.807, 2.05) is 24.3 Å². The summed E-state index contributed by atoms with van der Waals surface area (Å²) in [5, 5.41) is 9.86. The Morgan fingerprint density at radius 1 is 1.32 bits per heavy atom.